The van der Waals surface area contributed by atoms with Crippen LogP contribution in [-0.4, -0.2) is 48.3 Å². The maximum absolute atomic E-state index is 11.6. The fourth-order valence-corrected chi connectivity index (χ4v) is 1.15. The van der Waals surface area contributed by atoms with E-state index in [4.69, 9.17) is 4.74 Å². The Morgan fingerprint density at radius 3 is 2.94 bits per heavy atom. The number of nitrogens with one attached hydrogen (secondary N) is 3. The van der Waals surface area contributed by atoms with Crippen LogP contribution >= 0.6 is 0 Å². The molecule has 1 heterocycles. The molecule has 1 unspecified atom stereocenters. The summed E-state index contributed by atoms with van der Waals surface area (Å²) in [7, 11) is 1.55. The largest absolute Gasteiger partial charge is 0.383 e. The summed E-state index contributed by atoms with van der Waals surface area (Å²) in [6.45, 7) is 2.47. The summed E-state index contributed by atoms with van der Waals surface area (Å²) >= 11 is 0. The second-order valence-electron chi connectivity index (χ2n) is 3.47. The average Bonchev–Trinajstić information content (AvgIpc) is 2.82. The Hall–Kier alpha value is -1.89. The molecule has 0 radical (unpaired) electrons. The number of carbonyl (C=O) groups is 2. The summed E-state index contributed by atoms with van der Waals surface area (Å²) in [4.78, 5) is 23.1. The van der Waals surface area contributed by atoms with E-state index in [1.54, 1.807) is 14.0 Å². The molecule has 0 saturated heterocycles. The molecule has 2 amide bonds. The van der Waals surface area contributed by atoms with Gasteiger partial charge in [0.1, 0.15) is 6.04 Å². The van der Waals surface area contributed by atoms with Gasteiger partial charge in [0, 0.05) is 19.9 Å². The molecule has 0 fully saturated rings. The molecule has 0 aliphatic heterocycles. The Balaban J connectivity index is 2.35. The lowest BCUT2D eigenvalue weighted by atomic mass is 10.2. The van der Waals surface area contributed by atoms with Crippen molar-refractivity contribution in [3.63, 3.8) is 0 Å². The molecular formula is C10H16N4O3. The van der Waals surface area contributed by atoms with Gasteiger partial charge in [0.2, 0.25) is 5.91 Å². The Labute approximate surface area is 98.9 Å². The predicted octanol–water partition coefficient (Wildman–Crippen LogP) is -0.709. The number of amides is 2. The normalized spacial score (nSPS) is 11.9. The molecule has 0 spiro atoms. The number of rotatable bonds is 6. The van der Waals surface area contributed by atoms with E-state index in [2.05, 4.69) is 20.8 Å². The predicted molar refractivity (Wildman–Crippen MR) is 60.4 cm³/mol. The molecule has 0 aromatic carbocycles. The number of aromatic nitrogens is 2. The molecule has 1 atom stereocenters. The topological polar surface area (TPSA) is 96.1 Å². The first-order chi connectivity index (χ1) is 8.15. The van der Waals surface area contributed by atoms with Gasteiger partial charge in [-0.05, 0) is 6.92 Å². The molecule has 0 aliphatic rings. The number of aromatic amines is 1. The Kier molecular flexibility index (Phi) is 5.15. The SMILES string of the molecule is COCCNC(=O)C(C)NC(=O)c1cn[nH]c1. The lowest BCUT2D eigenvalue weighted by Crippen LogP contribution is -2.45. The highest BCUT2D eigenvalue weighted by atomic mass is 16.5. The number of H-pyrrole nitrogens is 1. The highest BCUT2D eigenvalue weighted by molar-refractivity contribution is 5.96. The quantitative estimate of drug-likeness (QED) is 0.572. The molecule has 7 nitrogen and oxygen atoms in total. The first kappa shape index (κ1) is 13.2. The van der Waals surface area contributed by atoms with Crippen LogP contribution in [0.1, 0.15) is 17.3 Å². The van der Waals surface area contributed by atoms with E-state index in [0.29, 0.717) is 18.7 Å². The first-order valence-corrected chi connectivity index (χ1v) is 5.21. The van der Waals surface area contributed by atoms with Crippen molar-refractivity contribution in [2.24, 2.45) is 0 Å². The van der Waals surface area contributed by atoms with Gasteiger partial charge in [-0.3, -0.25) is 14.7 Å². The van der Waals surface area contributed by atoms with Crippen molar-refractivity contribution in [3.8, 4) is 0 Å². The first-order valence-electron chi connectivity index (χ1n) is 5.21. The van der Waals surface area contributed by atoms with Crippen molar-refractivity contribution < 1.29 is 14.3 Å². The number of carbonyl (C=O) groups excluding carboxylic acids is 2. The number of nitrogens with zero attached hydrogens (tertiary/aromatic N) is 1. The van der Waals surface area contributed by atoms with Gasteiger partial charge in [0.05, 0.1) is 18.4 Å². The number of ether oxygens (including phenoxy) is 1. The summed E-state index contributed by atoms with van der Waals surface area (Å²) in [5.41, 5.74) is 0.390. The molecule has 0 aliphatic carbocycles. The fourth-order valence-electron chi connectivity index (χ4n) is 1.15. The summed E-state index contributed by atoms with van der Waals surface area (Å²) in [5, 5.41) is 11.4. The van der Waals surface area contributed by atoms with Crippen LogP contribution in [0.5, 0.6) is 0 Å². The standard InChI is InChI=1S/C10H16N4O3/c1-7(9(15)11-3-4-17-2)14-10(16)8-5-12-13-6-8/h5-7H,3-4H2,1-2H3,(H,11,15)(H,12,13)(H,14,16). The zero-order chi connectivity index (χ0) is 12.7. The third-order valence-corrected chi connectivity index (χ3v) is 2.11. The number of methoxy groups -OCH3 is 1. The van der Waals surface area contributed by atoms with Crippen LogP contribution in [0.15, 0.2) is 12.4 Å². The van der Waals surface area contributed by atoms with Crippen molar-refractivity contribution in [1.82, 2.24) is 20.8 Å². The molecule has 1 rings (SSSR count). The van der Waals surface area contributed by atoms with E-state index in [0.717, 1.165) is 0 Å². The van der Waals surface area contributed by atoms with E-state index in [-0.39, 0.29) is 11.8 Å². The third-order valence-electron chi connectivity index (χ3n) is 2.11. The number of hydrogen-bond acceptors (Lipinski definition) is 4. The summed E-state index contributed by atoms with van der Waals surface area (Å²) < 4.78 is 4.80. The molecule has 1 aromatic heterocycles. The van der Waals surface area contributed by atoms with Crippen molar-refractivity contribution in [2.45, 2.75) is 13.0 Å². The zero-order valence-corrected chi connectivity index (χ0v) is 9.82. The van der Waals surface area contributed by atoms with Gasteiger partial charge in [-0.2, -0.15) is 5.10 Å². The van der Waals surface area contributed by atoms with E-state index in [9.17, 15) is 9.59 Å². The van der Waals surface area contributed by atoms with Crippen LogP contribution in [0.3, 0.4) is 0 Å². The second-order valence-corrected chi connectivity index (χ2v) is 3.47. The monoisotopic (exact) mass is 240 g/mol. The third kappa shape index (κ3) is 4.23. The van der Waals surface area contributed by atoms with Gasteiger partial charge in [0.25, 0.3) is 5.91 Å². The summed E-state index contributed by atoms with van der Waals surface area (Å²) in [5.74, 6) is -0.591. The Bertz CT molecular complexity index is 364. The van der Waals surface area contributed by atoms with Crippen LogP contribution in [0.25, 0.3) is 0 Å². The minimum absolute atomic E-state index is 0.251. The van der Waals surface area contributed by atoms with Gasteiger partial charge < -0.3 is 15.4 Å². The van der Waals surface area contributed by atoms with E-state index < -0.39 is 6.04 Å². The maximum Gasteiger partial charge on any atom is 0.255 e. The molecule has 7 heteroatoms. The van der Waals surface area contributed by atoms with Crippen LogP contribution in [0.4, 0.5) is 0 Å². The van der Waals surface area contributed by atoms with Gasteiger partial charge >= 0.3 is 0 Å². The van der Waals surface area contributed by atoms with Crippen LogP contribution in [-0.2, 0) is 9.53 Å². The minimum Gasteiger partial charge on any atom is -0.383 e. The highest BCUT2D eigenvalue weighted by Crippen LogP contribution is 1.94. The summed E-state index contributed by atoms with van der Waals surface area (Å²) in [6, 6.07) is -0.603. The van der Waals surface area contributed by atoms with Crippen molar-refractivity contribution in [3.05, 3.63) is 18.0 Å². The van der Waals surface area contributed by atoms with Crippen molar-refractivity contribution >= 4 is 11.8 Å². The van der Waals surface area contributed by atoms with Gasteiger partial charge in [-0.1, -0.05) is 0 Å². The van der Waals surface area contributed by atoms with Crippen LogP contribution < -0.4 is 10.6 Å². The lowest BCUT2D eigenvalue weighted by molar-refractivity contribution is -0.122. The Morgan fingerprint density at radius 2 is 2.35 bits per heavy atom. The minimum atomic E-state index is -0.603. The summed E-state index contributed by atoms with van der Waals surface area (Å²) in [6.07, 6.45) is 2.86. The van der Waals surface area contributed by atoms with Gasteiger partial charge in [-0.25, -0.2) is 0 Å². The van der Waals surface area contributed by atoms with E-state index >= 15 is 0 Å². The lowest BCUT2D eigenvalue weighted by Gasteiger charge is -2.13. The second kappa shape index (κ2) is 6.64. The van der Waals surface area contributed by atoms with Gasteiger partial charge in [-0.15, -0.1) is 0 Å². The highest BCUT2D eigenvalue weighted by Gasteiger charge is 2.16. The molecular weight excluding hydrogens is 224 g/mol. The van der Waals surface area contributed by atoms with Crippen LogP contribution in [0, 0.1) is 0 Å². The molecule has 0 saturated carbocycles. The van der Waals surface area contributed by atoms with Crippen molar-refractivity contribution in [2.75, 3.05) is 20.3 Å². The smallest absolute Gasteiger partial charge is 0.255 e. The van der Waals surface area contributed by atoms with Crippen molar-refractivity contribution in [1.29, 1.82) is 0 Å². The van der Waals surface area contributed by atoms with Gasteiger partial charge in [0.15, 0.2) is 0 Å². The maximum atomic E-state index is 11.6. The molecule has 17 heavy (non-hydrogen) atoms. The van der Waals surface area contributed by atoms with Crippen LogP contribution in [0.2, 0.25) is 0 Å². The molecule has 0 bridgehead atoms. The fraction of sp³-hybridized carbons (Fsp3) is 0.500. The average molecular weight is 240 g/mol. The Morgan fingerprint density at radius 1 is 1.59 bits per heavy atom. The molecule has 3 N–H and O–H groups in total. The number of hydrogen-bond donors (Lipinski definition) is 3. The van der Waals surface area contributed by atoms with E-state index in [1.807, 2.05) is 0 Å². The zero-order valence-electron chi connectivity index (χ0n) is 9.82. The molecule has 1 aromatic rings. The molecule has 94 valence electrons. The van der Waals surface area contributed by atoms with E-state index in [1.165, 1.54) is 12.4 Å².